The van der Waals surface area contributed by atoms with Gasteiger partial charge >= 0.3 is 0 Å². The Balaban J connectivity index is 3.35. The van der Waals surface area contributed by atoms with Crippen LogP contribution in [0.15, 0.2) is 23.1 Å². The van der Waals surface area contributed by atoms with Crippen molar-refractivity contribution in [3.63, 3.8) is 0 Å². The zero-order valence-electron chi connectivity index (χ0n) is 10.2. The minimum atomic E-state index is -3.73. The van der Waals surface area contributed by atoms with E-state index in [1.807, 2.05) is 0 Å². The smallest absolute Gasteiger partial charge is 0.243 e. The van der Waals surface area contributed by atoms with Crippen molar-refractivity contribution in [3.05, 3.63) is 28.8 Å². The fourth-order valence-corrected chi connectivity index (χ4v) is 2.85. The number of benzene rings is 1. The Kier molecular flexibility index (Phi) is 4.37. The second-order valence-corrected chi connectivity index (χ2v) is 6.45. The summed E-state index contributed by atoms with van der Waals surface area (Å²) in [5, 5.41) is 10.7. The highest BCUT2D eigenvalue weighted by Crippen LogP contribution is 2.22. The van der Waals surface area contributed by atoms with Gasteiger partial charge in [0.05, 0.1) is 10.9 Å². The molecule has 0 spiro atoms. The third-order valence-electron chi connectivity index (χ3n) is 2.56. The molecule has 0 aliphatic rings. The summed E-state index contributed by atoms with van der Waals surface area (Å²) in [6.07, 6.45) is 0. The zero-order chi connectivity index (χ0) is 14.1. The number of halogens is 1. The van der Waals surface area contributed by atoms with Crippen LogP contribution in [0.4, 0.5) is 0 Å². The van der Waals surface area contributed by atoms with E-state index in [0.29, 0.717) is 0 Å². The van der Waals surface area contributed by atoms with Gasteiger partial charge in [0.2, 0.25) is 10.0 Å². The summed E-state index contributed by atoms with van der Waals surface area (Å²) in [7, 11) is -2.30. The number of nitrogens with zero attached hydrogens (tertiary/aromatic N) is 1. The molecule has 18 heavy (non-hydrogen) atoms. The first-order valence-electron chi connectivity index (χ1n) is 5.17. The SMILES string of the molecule is CC(C)N(C)S(=O)(=O)c1ccc(Cl)c(C(=O)[O-])c1. The standard InChI is InChI=1S/C11H14ClNO4S/c1-7(2)13(3)18(16,17)8-4-5-10(12)9(6-8)11(14)15/h4-7H,1-3H3,(H,14,15)/p-1. The van der Waals surface area contributed by atoms with Crippen LogP contribution in [0.2, 0.25) is 5.02 Å². The summed E-state index contributed by atoms with van der Waals surface area (Å²) in [6.45, 7) is 3.43. The largest absolute Gasteiger partial charge is 0.545 e. The quantitative estimate of drug-likeness (QED) is 0.819. The molecule has 1 rings (SSSR count). The maximum absolute atomic E-state index is 12.1. The van der Waals surface area contributed by atoms with Gasteiger partial charge < -0.3 is 9.90 Å². The third kappa shape index (κ3) is 2.82. The average Bonchev–Trinajstić information content (AvgIpc) is 2.27. The number of sulfonamides is 1. The van der Waals surface area contributed by atoms with Crippen molar-refractivity contribution in [2.24, 2.45) is 0 Å². The molecular formula is C11H13ClNO4S-. The van der Waals surface area contributed by atoms with Gasteiger partial charge in [0.15, 0.2) is 0 Å². The molecule has 1 aromatic rings. The first-order valence-corrected chi connectivity index (χ1v) is 6.98. The van der Waals surface area contributed by atoms with E-state index in [0.717, 1.165) is 10.4 Å². The molecule has 0 aliphatic carbocycles. The molecule has 0 radical (unpaired) electrons. The van der Waals surface area contributed by atoms with Crippen molar-refractivity contribution in [2.75, 3.05) is 7.05 Å². The molecule has 0 atom stereocenters. The van der Waals surface area contributed by atoms with Gasteiger partial charge in [-0.2, -0.15) is 4.31 Å². The maximum Gasteiger partial charge on any atom is 0.243 e. The highest BCUT2D eigenvalue weighted by atomic mass is 35.5. The fraction of sp³-hybridized carbons (Fsp3) is 0.364. The molecule has 0 saturated carbocycles. The van der Waals surface area contributed by atoms with Crippen LogP contribution in [-0.2, 0) is 10.0 Å². The summed E-state index contributed by atoms with van der Waals surface area (Å²) in [5.74, 6) is -1.51. The number of carbonyl (C=O) groups excluding carboxylic acids is 1. The number of hydrogen-bond acceptors (Lipinski definition) is 4. The van der Waals surface area contributed by atoms with E-state index >= 15 is 0 Å². The Morgan fingerprint density at radius 3 is 2.39 bits per heavy atom. The van der Waals surface area contributed by atoms with E-state index in [1.54, 1.807) is 13.8 Å². The zero-order valence-corrected chi connectivity index (χ0v) is 11.7. The summed E-state index contributed by atoms with van der Waals surface area (Å²) in [6, 6.07) is 3.26. The molecule has 0 N–H and O–H groups in total. The van der Waals surface area contributed by atoms with Crippen LogP contribution >= 0.6 is 11.6 Å². The summed E-state index contributed by atoms with van der Waals surface area (Å²) < 4.78 is 25.4. The van der Waals surface area contributed by atoms with Crippen molar-refractivity contribution in [1.29, 1.82) is 0 Å². The first kappa shape index (κ1) is 14.9. The molecule has 1 aromatic carbocycles. The highest BCUT2D eigenvalue weighted by Gasteiger charge is 2.23. The van der Waals surface area contributed by atoms with Gasteiger partial charge in [0, 0.05) is 23.7 Å². The average molecular weight is 291 g/mol. The monoisotopic (exact) mass is 290 g/mol. The lowest BCUT2D eigenvalue weighted by Crippen LogP contribution is -2.33. The third-order valence-corrected chi connectivity index (χ3v) is 4.92. The summed E-state index contributed by atoms with van der Waals surface area (Å²) in [4.78, 5) is 10.7. The molecule has 0 aromatic heterocycles. The molecule has 0 heterocycles. The van der Waals surface area contributed by atoms with Crippen LogP contribution in [0.25, 0.3) is 0 Å². The summed E-state index contributed by atoms with van der Waals surface area (Å²) >= 11 is 5.65. The van der Waals surface area contributed by atoms with Gasteiger partial charge in [-0.05, 0) is 32.0 Å². The topological polar surface area (TPSA) is 77.5 Å². The molecule has 0 amide bonds. The Bertz CT molecular complexity index is 568. The predicted octanol–water partition coefficient (Wildman–Crippen LogP) is 0.732. The van der Waals surface area contributed by atoms with E-state index < -0.39 is 16.0 Å². The lowest BCUT2D eigenvalue weighted by Gasteiger charge is -2.21. The highest BCUT2D eigenvalue weighted by molar-refractivity contribution is 7.89. The molecule has 100 valence electrons. The Morgan fingerprint density at radius 1 is 1.39 bits per heavy atom. The number of carbonyl (C=O) groups is 1. The van der Waals surface area contributed by atoms with Crippen molar-refractivity contribution in [2.45, 2.75) is 24.8 Å². The van der Waals surface area contributed by atoms with Gasteiger partial charge in [0.1, 0.15) is 0 Å². The number of carboxylic acids is 1. The Morgan fingerprint density at radius 2 is 1.94 bits per heavy atom. The molecule has 5 nitrogen and oxygen atoms in total. The van der Waals surface area contributed by atoms with E-state index in [2.05, 4.69) is 0 Å². The molecule has 0 aliphatic heterocycles. The van der Waals surface area contributed by atoms with Gasteiger partial charge in [-0.3, -0.25) is 0 Å². The molecule has 7 heteroatoms. The van der Waals surface area contributed by atoms with E-state index in [-0.39, 0.29) is 21.5 Å². The second-order valence-electron chi connectivity index (χ2n) is 4.04. The second kappa shape index (κ2) is 5.26. The fourth-order valence-electron chi connectivity index (χ4n) is 1.27. The van der Waals surface area contributed by atoms with Gasteiger partial charge in [-0.15, -0.1) is 0 Å². The van der Waals surface area contributed by atoms with Gasteiger partial charge in [-0.1, -0.05) is 11.6 Å². The van der Waals surface area contributed by atoms with Gasteiger partial charge in [-0.25, -0.2) is 8.42 Å². The minimum absolute atomic E-state index is 0.0545. The number of rotatable bonds is 4. The molecule has 0 saturated heterocycles. The lowest BCUT2D eigenvalue weighted by atomic mass is 10.2. The molecule has 0 fully saturated rings. The van der Waals surface area contributed by atoms with Crippen LogP contribution in [0.3, 0.4) is 0 Å². The van der Waals surface area contributed by atoms with Crippen LogP contribution in [0, 0.1) is 0 Å². The maximum atomic E-state index is 12.1. The molecule has 0 unspecified atom stereocenters. The molecule has 0 bridgehead atoms. The summed E-state index contributed by atoms with van der Waals surface area (Å²) in [5.41, 5.74) is -0.338. The van der Waals surface area contributed by atoms with E-state index in [4.69, 9.17) is 11.6 Å². The number of aromatic carboxylic acids is 1. The number of carboxylic acid groups (broad SMARTS) is 1. The van der Waals surface area contributed by atoms with Crippen LogP contribution in [0.5, 0.6) is 0 Å². The number of hydrogen-bond donors (Lipinski definition) is 0. The van der Waals surface area contributed by atoms with Gasteiger partial charge in [0.25, 0.3) is 0 Å². The van der Waals surface area contributed by atoms with Crippen molar-refractivity contribution >= 4 is 27.6 Å². The predicted molar refractivity (Wildman–Crippen MR) is 65.9 cm³/mol. The normalized spacial score (nSPS) is 12.1. The Labute approximate surface area is 111 Å². The van der Waals surface area contributed by atoms with E-state index in [1.165, 1.54) is 19.2 Å². The van der Waals surface area contributed by atoms with Crippen molar-refractivity contribution in [1.82, 2.24) is 4.31 Å². The van der Waals surface area contributed by atoms with Crippen LogP contribution in [-0.4, -0.2) is 31.8 Å². The van der Waals surface area contributed by atoms with Crippen LogP contribution in [0.1, 0.15) is 24.2 Å². The lowest BCUT2D eigenvalue weighted by molar-refractivity contribution is -0.255. The first-order chi connectivity index (χ1) is 8.17. The van der Waals surface area contributed by atoms with Crippen LogP contribution < -0.4 is 5.11 Å². The van der Waals surface area contributed by atoms with E-state index in [9.17, 15) is 18.3 Å². The molecular weight excluding hydrogens is 278 g/mol. The van der Waals surface area contributed by atoms with Crippen molar-refractivity contribution < 1.29 is 18.3 Å². The Hall–Kier alpha value is -1.11. The van der Waals surface area contributed by atoms with Crippen molar-refractivity contribution in [3.8, 4) is 0 Å². The minimum Gasteiger partial charge on any atom is -0.545 e.